The first kappa shape index (κ1) is 18.5. The molecule has 0 aliphatic carbocycles. The Bertz CT molecular complexity index is 671. The minimum Gasteiger partial charge on any atom is -0.289 e. The Labute approximate surface area is 150 Å². The molecule has 0 N–H and O–H groups in total. The zero-order valence-electron chi connectivity index (χ0n) is 14.6. The van der Waals surface area contributed by atoms with Crippen LogP contribution in [-0.4, -0.2) is 11.5 Å². The van der Waals surface area contributed by atoms with Gasteiger partial charge in [0.05, 0.1) is 0 Å². The fourth-order valence-corrected chi connectivity index (χ4v) is 3.24. The Hall–Kier alpha value is -1.80. The molecule has 2 heteroatoms. The summed E-state index contributed by atoms with van der Waals surface area (Å²) in [4.78, 5) is 13.5. The van der Waals surface area contributed by atoms with Crippen molar-refractivity contribution in [1.82, 2.24) is 0 Å². The molecule has 24 heavy (non-hydrogen) atoms. The molecule has 0 fully saturated rings. The summed E-state index contributed by atoms with van der Waals surface area (Å²) in [6.07, 6.45) is 8.44. The van der Waals surface area contributed by atoms with Gasteiger partial charge in [0.25, 0.3) is 0 Å². The number of carbonyl (C=O) groups is 1. The van der Waals surface area contributed by atoms with Gasteiger partial charge in [-0.05, 0) is 60.1 Å². The van der Waals surface area contributed by atoms with E-state index in [9.17, 15) is 4.79 Å². The van der Waals surface area contributed by atoms with Crippen LogP contribution < -0.4 is 0 Å². The Balaban J connectivity index is 1.99. The van der Waals surface area contributed by atoms with Crippen molar-refractivity contribution in [3.63, 3.8) is 0 Å². The molecule has 0 amide bonds. The molecule has 0 bridgehead atoms. The van der Waals surface area contributed by atoms with E-state index in [0.717, 1.165) is 23.3 Å². The summed E-state index contributed by atoms with van der Waals surface area (Å²) < 4.78 is 0. The van der Waals surface area contributed by atoms with Gasteiger partial charge in [-0.25, -0.2) is 0 Å². The number of rotatable bonds is 9. The highest BCUT2D eigenvalue weighted by Crippen LogP contribution is 2.18. The fourth-order valence-electron chi connectivity index (χ4n) is 2.58. The molecule has 2 aromatic carbocycles. The quantitative estimate of drug-likeness (QED) is 0.227. The first-order valence-corrected chi connectivity index (χ1v) is 9.75. The van der Waals surface area contributed by atoms with E-state index in [2.05, 4.69) is 32.0 Å². The van der Waals surface area contributed by atoms with Gasteiger partial charge in [-0.2, -0.15) is 0 Å². The van der Waals surface area contributed by atoms with E-state index >= 15 is 0 Å². The van der Waals surface area contributed by atoms with Crippen LogP contribution >= 0.6 is 11.8 Å². The van der Waals surface area contributed by atoms with Crippen molar-refractivity contribution in [3.05, 3.63) is 71.3 Å². The van der Waals surface area contributed by atoms with Gasteiger partial charge in [-0.1, -0.05) is 57.0 Å². The number of hydrogen-bond acceptors (Lipinski definition) is 2. The second-order valence-electron chi connectivity index (χ2n) is 5.86. The minimum atomic E-state index is 0.0550. The smallest absolute Gasteiger partial charge is 0.185 e. The molecule has 0 aliphatic heterocycles. The largest absolute Gasteiger partial charge is 0.289 e. The van der Waals surface area contributed by atoms with E-state index in [-0.39, 0.29) is 5.78 Å². The van der Waals surface area contributed by atoms with Crippen LogP contribution in [0.5, 0.6) is 0 Å². The Morgan fingerprint density at radius 3 is 2.54 bits per heavy atom. The van der Waals surface area contributed by atoms with E-state index in [1.54, 1.807) is 17.8 Å². The van der Waals surface area contributed by atoms with Gasteiger partial charge in [-0.15, -0.1) is 11.8 Å². The van der Waals surface area contributed by atoms with Crippen molar-refractivity contribution in [2.45, 2.75) is 44.4 Å². The van der Waals surface area contributed by atoms with Crippen molar-refractivity contribution in [2.75, 3.05) is 5.75 Å². The molecule has 126 valence electrons. The van der Waals surface area contributed by atoms with E-state index in [1.165, 1.54) is 29.7 Å². The zero-order valence-corrected chi connectivity index (χ0v) is 15.4. The second-order valence-corrected chi connectivity index (χ2v) is 7.19. The molecule has 1 nitrogen and oxygen atoms in total. The number of carbonyl (C=O) groups excluding carboxylic acids is 1. The molecule has 0 radical (unpaired) electrons. The van der Waals surface area contributed by atoms with E-state index in [4.69, 9.17) is 0 Å². The normalized spacial score (nSPS) is 11.1. The summed E-state index contributed by atoms with van der Waals surface area (Å²) in [7, 11) is 0. The molecule has 0 saturated heterocycles. The summed E-state index contributed by atoms with van der Waals surface area (Å²) in [6, 6.07) is 16.3. The molecule has 0 saturated carbocycles. The lowest BCUT2D eigenvalue weighted by atomic mass is 10.0. The minimum absolute atomic E-state index is 0.0550. The van der Waals surface area contributed by atoms with Crippen molar-refractivity contribution < 1.29 is 4.79 Å². The maximum absolute atomic E-state index is 12.3. The lowest BCUT2D eigenvalue weighted by Crippen LogP contribution is -1.93. The third-order valence-corrected chi connectivity index (χ3v) is 4.79. The third kappa shape index (κ3) is 6.01. The first-order valence-electron chi connectivity index (χ1n) is 8.77. The summed E-state index contributed by atoms with van der Waals surface area (Å²) in [5, 5.41) is 0. The monoisotopic (exact) mass is 338 g/mol. The molecule has 0 atom stereocenters. The molecule has 0 heterocycles. The van der Waals surface area contributed by atoms with Gasteiger partial charge >= 0.3 is 0 Å². The van der Waals surface area contributed by atoms with Crippen molar-refractivity contribution in [3.8, 4) is 0 Å². The van der Waals surface area contributed by atoms with E-state index in [1.807, 2.05) is 36.4 Å². The van der Waals surface area contributed by atoms with E-state index < -0.39 is 0 Å². The molecule has 0 unspecified atom stereocenters. The Morgan fingerprint density at radius 1 is 1.04 bits per heavy atom. The summed E-state index contributed by atoms with van der Waals surface area (Å²) in [6.45, 7) is 4.35. The standard InChI is InChI=1S/C22H26OS/c1-3-5-6-8-18-9-7-10-19(17-18)11-16-22(23)20-12-14-21(15-13-20)24-4-2/h7,9-17H,3-6,8H2,1-2H3/b16-11+. The average molecular weight is 339 g/mol. The summed E-state index contributed by atoms with van der Waals surface area (Å²) in [5.74, 6) is 1.10. The number of ketones is 1. The molecule has 2 aromatic rings. The number of aryl methyl sites for hydroxylation is 1. The lowest BCUT2D eigenvalue weighted by Gasteiger charge is -2.02. The highest BCUT2D eigenvalue weighted by Gasteiger charge is 2.02. The SMILES string of the molecule is CCCCCc1cccc(/C=C/C(=O)c2ccc(SCC)cc2)c1. The lowest BCUT2D eigenvalue weighted by molar-refractivity contribution is 0.104. The second kappa shape index (κ2) is 10.1. The van der Waals surface area contributed by atoms with Gasteiger partial charge in [0.2, 0.25) is 0 Å². The van der Waals surface area contributed by atoms with Crippen LogP contribution in [0.3, 0.4) is 0 Å². The van der Waals surface area contributed by atoms with Crippen LogP contribution in [0.1, 0.15) is 54.6 Å². The number of allylic oxidation sites excluding steroid dienone is 1. The van der Waals surface area contributed by atoms with Crippen LogP contribution in [0.25, 0.3) is 6.08 Å². The van der Waals surface area contributed by atoms with Gasteiger partial charge in [0.15, 0.2) is 5.78 Å². The topological polar surface area (TPSA) is 17.1 Å². The first-order chi connectivity index (χ1) is 11.7. The Morgan fingerprint density at radius 2 is 1.83 bits per heavy atom. The van der Waals surface area contributed by atoms with Crippen LogP contribution in [0.15, 0.2) is 59.5 Å². The maximum Gasteiger partial charge on any atom is 0.185 e. The predicted octanol–water partition coefficient (Wildman–Crippen LogP) is 6.43. The van der Waals surface area contributed by atoms with Crippen LogP contribution in [0.2, 0.25) is 0 Å². The molecular weight excluding hydrogens is 312 g/mol. The number of unbranched alkanes of at least 4 members (excludes halogenated alkanes) is 2. The van der Waals surface area contributed by atoms with Gasteiger partial charge in [-0.3, -0.25) is 4.79 Å². The molecule has 0 aliphatic rings. The summed E-state index contributed by atoms with van der Waals surface area (Å²) >= 11 is 1.79. The molecular formula is C22H26OS. The number of hydrogen-bond donors (Lipinski definition) is 0. The van der Waals surface area contributed by atoms with Crippen LogP contribution in [-0.2, 0) is 6.42 Å². The van der Waals surface area contributed by atoms with Gasteiger partial charge < -0.3 is 0 Å². The van der Waals surface area contributed by atoms with Crippen molar-refractivity contribution >= 4 is 23.6 Å². The fraction of sp³-hybridized carbons (Fsp3) is 0.318. The predicted molar refractivity (Wildman–Crippen MR) is 106 cm³/mol. The third-order valence-electron chi connectivity index (χ3n) is 3.90. The van der Waals surface area contributed by atoms with Crippen LogP contribution in [0, 0.1) is 0 Å². The summed E-state index contributed by atoms with van der Waals surface area (Å²) in [5.41, 5.74) is 3.18. The Kier molecular flexibility index (Phi) is 7.84. The molecule has 2 rings (SSSR count). The van der Waals surface area contributed by atoms with Crippen LogP contribution in [0.4, 0.5) is 0 Å². The number of thioether (sulfide) groups is 1. The van der Waals surface area contributed by atoms with Gasteiger partial charge in [0.1, 0.15) is 0 Å². The maximum atomic E-state index is 12.3. The molecule has 0 spiro atoms. The highest BCUT2D eigenvalue weighted by molar-refractivity contribution is 7.99. The van der Waals surface area contributed by atoms with Gasteiger partial charge in [0, 0.05) is 10.5 Å². The van der Waals surface area contributed by atoms with E-state index in [0.29, 0.717) is 0 Å². The molecule has 0 aromatic heterocycles. The van der Waals surface area contributed by atoms with Crippen molar-refractivity contribution in [1.29, 1.82) is 0 Å². The number of benzene rings is 2. The average Bonchev–Trinajstić information content (AvgIpc) is 2.61. The van der Waals surface area contributed by atoms with Crippen molar-refractivity contribution in [2.24, 2.45) is 0 Å². The highest BCUT2D eigenvalue weighted by atomic mass is 32.2. The zero-order chi connectivity index (χ0) is 17.2.